The quantitative estimate of drug-likeness (QED) is 0.812. The summed E-state index contributed by atoms with van der Waals surface area (Å²) in [6, 6.07) is 11.2. The van der Waals surface area contributed by atoms with Gasteiger partial charge in [-0.3, -0.25) is 0 Å². The normalized spacial score (nSPS) is 10.0. The minimum absolute atomic E-state index is 0.226. The van der Waals surface area contributed by atoms with E-state index in [4.69, 9.17) is 21.6 Å². The van der Waals surface area contributed by atoms with E-state index in [1.54, 1.807) is 24.3 Å². The van der Waals surface area contributed by atoms with Gasteiger partial charge in [-0.2, -0.15) is 5.26 Å². The molecule has 0 spiro atoms. The minimum atomic E-state index is -0.381. The number of hydrogen-bond donors (Lipinski definition) is 0. The molecule has 0 aromatic heterocycles. The molecule has 0 amide bonds. The van der Waals surface area contributed by atoms with E-state index in [-0.39, 0.29) is 12.4 Å². The highest BCUT2D eigenvalue weighted by Gasteiger charge is 2.06. The fourth-order valence-electron chi connectivity index (χ4n) is 1.48. The summed E-state index contributed by atoms with van der Waals surface area (Å²) in [7, 11) is 0. The van der Waals surface area contributed by atoms with E-state index < -0.39 is 0 Å². The first-order valence-electron chi connectivity index (χ1n) is 5.36. The summed E-state index contributed by atoms with van der Waals surface area (Å²) in [4.78, 5) is 0. The van der Waals surface area contributed by atoms with Crippen molar-refractivity contribution < 1.29 is 9.13 Å². The van der Waals surface area contributed by atoms with Gasteiger partial charge in [0.1, 0.15) is 18.2 Å². The first-order chi connectivity index (χ1) is 9.10. The highest BCUT2D eigenvalue weighted by atomic mass is 79.9. The monoisotopic (exact) mass is 339 g/mol. The molecule has 0 radical (unpaired) electrons. The molecule has 0 N–H and O–H groups in total. The van der Waals surface area contributed by atoms with E-state index in [1.165, 1.54) is 12.1 Å². The van der Waals surface area contributed by atoms with Gasteiger partial charge in [0.2, 0.25) is 0 Å². The van der Waals surface area contributed by atoms with Crippen LogP contribution in [0.5, 0.6) is 5.75 Å². The Morgan fingerprint density at radius 3 is 2.68 bits per heavy atom. The second-order valence-electron chi connectivity index (χ2n) is 3.78. The third-order valence-electron chi connectivity index (χ3n) is 2.46. The molecule has 2 aromatic carbocycles. The van der Waals surface area contributed by atoms with E-state index in [1.807, 2.05) is 6.07 Å². The summed E-state index contributed by atoms with van der Waals surface area (Å²) >= 11 is 9.23. The van der Waals surface area contributed by atoms with Crippen LogP contribution in [-0.2, 0) is 6.61 Å². The van der Waals surface area contributed by atoms with E-state index in [0.717, 1.165) is 0 Å². The van der Waals surface area contributed by atoms with Gasteiger partial charge in [0.15, 0.2) is 0 Å². The average molecular weight is 341 g/mol. The third kappa shape index (κ3) is 3.46. The van der Waals surface area contributed by atoms with Crippen LogP contribution in [0.1, 0.15) is 11.1 Å². The second kappa shape index (κ2) is 6.05. The summed E-state index contributed by atoms with van der Waals surface area (Å²) < 4.78 is 19.2. The summed E-state index contributed by atoms with van der Waals surface area (Å²) in [6.45, 7) is 0.226. The Morgan fingerprint density at radius 1 is 1.26 bits per heavy atom. The topological polar surface area (TPSA) is 33.0 Å². The van der Waals surface area contributed by atoms with Crippen LogP contribution in [0.25, 0.3) is 0 Å². The zero-order valence-corrected chi connectivity index (χ0v) is 12.0. The predicted octanol–water partition coefficient (Wildman–Crippen LogP) is 4.69. The van der Waals surface area contributed by atoms with Gasteiger partial charge in [-0.15, -0.1) is 0 Å². The minimum Gasteiger partial charge on any atom is -0.488 e. The fraction of sp³-hybridized carbons (Fsp3) is 0.0714. The number of rotatable bonds is 3. The molecule has 0 atom stereocenters. The standard InChI is InChI=1S/C14H8BrClFNO/c15-12-5-9(7-18)1-4-14(12)19-8-10-2-3-11(17)6-13(10)16/h1-6H,8H2. The van der Waals surface area contributed by atoms with Crippen molar-refractivity contribution in [2.24, 2.45) is 0 Å². The van der Waals surface area contributed by atoms with Crippen LogP contribution in [0.15, 0.2) is 40.9 Å². The Hall–Kier alpha value is -1.57. The van der Waals surface area contributed by atoms with Gasteiger partial charge in [0.05, 0.1) is 21.1 Å². The molecular weight excluding hydrogens is 333 g/mol. The molecule has 0 aliphatic rings. The van der Waals surface area contributed by atoms with Gasteiger partial charge in [0.25, 0.3) is 0 Å². The maximum absolute atomic E-state index is 12.9. The molecule has 0 unspecified atom stereocenters. The Kier molecular flexibility index (Phi) is 4.41. The lowest BCUT2D eigenvalue weighted by molar-refractivity contribution is 0.304. The molecule has 5 heteroatoms. The molecule has 0 saturated heterocycles. The van der Waals surface area contributed by atoms with E-state index >= 15 is 0 Å². The van der Waals surface area contributed by atoms with Crippen molar-refractivity contribution in [3.63, 3.8) is 0 Å². The van der Waals surface area contributed by atoms with Crippen LogP contribution in [0.2, 0.25) is 5.02 Å². The van der Waals surface area contributed by atoms with Crippen molar-refractivity contribution in [1.82, 2.24) is 0 Å². The molecule has 0 aliphatic heterocycles. The highest BCUT2D eigenvalue weighted by Crippen LogP contribution is 2.27. The van der Waals surface area contributed by atoms with Crippen molar-refractivity contribution in [3.8, 4) is 11.8 Å². The Labute approximate surface area is 123 Å². The lowest BCUT2D eigenvalue weighted by atomic mass is 10.2. The molecule has 0 fully saturated rings. The average Bonchev–Trinajstić information content (AvgIpc) is 2.39. The number of benzene rings is 2. The molecule has 0 saturated carbocycles. The second-order valence-corrected chi connectivity index (χ2v) is 5.04. The van der Waals surface area contributed by atoms with E-state index in [9.17, 15) is 4.39 Å². The number of halogens is 3. The van der Waals surface area contributed by atoms with Crippen molar-refractivity contribution >= 4 is 27.5 Å². The molecule has 2 nitrogen and oxygen atoms in total. The van der Waals surface area contributed by atoms with Gasteiger partial charge >= 0.3 is 0 Å². The molecule has 19 heavy (non-hydrogen) atoms. The zero-order valence-electron chi connectivity index (χ0n) is 9.66. The lowest BCUT2D eigenvalue weighted by Gasteiger charge is -2.09. The molecule has 0 aliphatic carbocycles. The van der Waals surface area contributed by atoms with Gasteiger partial charge in [-0.25, -0.2) is 4.39 Å². The zero-order chi connectivity index (χ0) is 13.8. The Bertz CT molecular complexity index is 654. The van der Waals surface area contributed by atoms with Crippen molar-refractivity contribution in [2.75, 3.05) is 0 Å². The van der Waals surface area contributed by atoms with Gasteiger partial charge in [-0.05, 0) is 46.3 Å². The van der Waals surface area contributed by atoms with Crippen LogP contribution < -0.4 is 4.74 Å². The van der Waals surface area contributed by atoms with Crippen LogP contribution in [0.4, 0.5) is 4.39 Å². The number of hydrogen-bond acceptors (Lipinski definition) is 2. The first kappa shape index (κ1) is 13.9. The SMILES string of the molecule is N#Cc1ccc(OCc2ccc(F)cc2Cl)c(Br)c1. The fourth-order valence-corrected chi connectivity index (χ4v) is 2.20. The molecule has 2 rings (SSSR count). The van der Waals surface area contributed by atoms with Gasteiger partial charge in [0, 0.05) is 5.56 Å². The first-order valence-corrected chi connectivity index (χ1v) is 6.53. The molecule has 2 aromatic rings. The van der Waals surface area contributed by atoms with Gasteiger partial charge in [-0.1, -0.05) is 17.7 Å². The molecule has 96 valence electrons. The lowest BCUT2D eigenvalue weighted by Crippen LogP contribution is -1.97. The Morgan fingerprint density at radius 2 is 2.05 bits per heavy atom. The summed E-state index contributed by atoms with van der Waals surface area (Å²) in [6.07, 6.45) is 0. The van der Waals surface area contributed by atoms with E-state index in [2.05, 4.69) is 15.9 Å². The summed E-state index contributed by atoms with van der Waals surface area (Å²) in [5.41, 5.74) is 1.23. The maximum Gasteiger partial charge on any atom is 0.134 e. The van der Waals surface area contributed by atoms with Crippen molar-refractivity contribution in [2.45, 2.75) is 6.61 Å². The summed E-state index contributed by atoms with van der Waals surface area (Å²) in [5, 5.41) is 9.08. The third-order valence-corrected chi connectivity index (χ3v) is 3.43. The summed E-state index contributed by atoms with van der Waals surface area (Å²) in [5.74, 6) is 0.215. The largest absolute Gasteiger partial charge is 0.488 e. The molecular formula is C14H8BrClFNO. The van der Waals surface area contributed by atoms with E-state index in [0.29, 0.717) is 26.4 Å². The number of nitrogens with zero attached hydrogens (tertiary/aromatic N) is 1. The number of nitriles is 1. The highest BCUT2D eigenvalue weighted by molar-refractivity contribution is 9.10. The van der Waals surface area contributed by atoms with Crippen molar-refractivity contribution in [1.29, 1.82) is 5.26 Å². The van der Waals surface area contributed by atoms with Gasteiger partial charge < -0.3 is 4.74 Å². The van der Waals surface area contributed by atoms with Crippen LogP contribution >= 0.6 is 27.5 Å². The van der Waals surface area contributed by atoms with Crippen molar-refractivity contribution in [3.05, 3.63) is 62.8 Å². The van der Waals surface area contributed by atoms with Crippen LogP contribution in [-0.4, -0.2) is 0 Å². The molecule has 0 heterocycles. The maximum atomic E-state index is 12.9. The number of ether oxygens (including phenoxy) is 1. The smallest absolute Gasteiger partial charge is 0.134 e. The van der Waals surface area contributed by atoms with Crippen LogP contribution in [0.3, 0.4) is 0 Å². The van der Waals surface area contributed by atoms with Crippen LogP contribution in [0, 0.1) is 17.1 Å². The Balaban J connectivity index is 2.13. The molecule has 0 bridgehead atoms. The predicted molar refractivity (Wildman–Crippen MR) is 74.6 cm³/mol.